The number of aromatic nitrogens is 1. The second kappa shape index (κ2) is 6.55. The van der Waals surface area contributed by atoms with Crippen molar-refractivity contribution < 1.29 is 9.90 Å². The highest BCUT2D eigenvalue weighted by molar-refractivity contribution is 6.29. The molecule has 2 unspecified atom stereocenters. The van der Waals surface area contributed by atoms with Crippen molar-refractivity contribution in [1.82, 2.24) is 9.88 Å². The molecule has 1 N–H and O–H groups in total. The molecule has 0 radical (unpaired) electrons. The maximum atomic E-state index is 12.6. The Morgan fingerprint density at radius 1 is 1.55 bits per heavy atom. The molecule has 1 aliphatic heterocycles. The quantitative estimate of drug-likeness (QED) is 0.869. The zero-order valence-electron chi connectivity index (χ0n) is 12.0. The summed E-state index contributed by atoms with van der Waals surface area (Å²) in [5.41, 5.74) is 1.41. The maximum absolute atomic E-state index is 12.6. The van der Waals surface area contributed by atoms with Gasteiger partial charge in [-0.15, -0.1) is 0 Å². The van der Waals surface area contributed by atoms with Crippen molar-refractivity contribution in [2.45, 2.75) is 39.2 Å². The van der Waals surface area contributed by atoms with Gasteiger partial charge < -0.3 is 10.0 Å². The van der Waals surface area contributed by atoms with E-state index in [9.17, 15) is 9.90 Å². The molecule has 5 heteroatoms. The fraction of sp³-hybridized carbons (Fsp3) is 0.600. The number of aliphatic hydroxyl groups is 1. The largest absolute Gasteiger partial charge is 0.394 e. The number of hydrogen-bond acceptors (Lipinski definition) is 3. The second-order valence-corrected chi connectivity index (χ2v) is 5.82. The van der Waals surface area contributed by atoms with Crippen LogP contribution in [0, 0.1) is 5.92 Å². The predicted molar refractivity (Wildman–Crippen MR) is 78.9 cm³/mol. The maximum Gasteiger partial charge on any atom is 0.254 e. The first-order chi connectivity index (χ1) is 9.56. The van der Waals surface area contributed by atoms with Crippen molar-refractivity contribution in [2.24, 2.45) is 5.92 Å². The van der Waals surface area contributed by atoms with Crippen LogP contribution in [0.15, 0.2) is 12.1 Å². The lowest BCUT2D eigenvalue weighted by Gasteiger charge is -2.25. The Labute approximate surface area is 124 Å². The van der Waals surface area contributed by atoms with Gasteiger partial charge in [-0.25, -0.2) is 4.98 Å². The summed E-state index contributed by atoms with van der Waals surface area (Å²) in [6.07, 6.45) is 2.69. The molecule has 1 aromatic rings. The molecule has 1 aromatic heterocycles. The summed E-state index contributed by atoms with van der Waals surface area (Å²) in [5, 5.41) is 9.82. The Balaban J connectivity index is 2.24. The summed E-state index contributed by atoms with van der Waals surface area (Å²) in [5.74, 6) is 0.270. The molecule has 1 amide bonds. The van der Waals surface area contributed by atoms with Crippen molar-refractivity contribution >= 4 is 17.5 Å². The van der Waals surface area contributed by atoms with Crippen molar-refractivity contribution in [3.8, 4) is 0 Å². The lowest BCUT2D eigenvalue weighted by atomic mass is 10.0. The lowest BCUT2D eigenvalue weighted by Crippen LogP contribution is -2.39. The molecular formula is C15H21ClN2O2. The molecule has 0 aromatic carbocycles. The molecule has 20 heavy (non-hydrogen) atoms. The Hall–Kier alpha value is -1.13. The van der Waals surface area contributed by atoms with Crippen LogP contribution in [0.1, 0.15) is 42.7 Å². The number of rotatable bonds is 4. The van der Waals surface area contributed by atoms with Gasteiger partial charge in [-0.1, -0.05) is 31.9 Å². The average molecular weight is 297 g/mol. The average Bonchev–Trinajstić information content (AvgIpc) is 2.78. The Morgan fingerprint density at radius 3 is 2.95 bits per heavy atom. The number of aliphatic hydroxyl groups excluding tert-OH is 1. The standard InChI is InChI=1S/C15H21ClN2O2/c1-3-4-12-7-11(8-14(16)17-12)15(20)18-6-5-10(2)13(18)9-19/h7-8,10,13,19H,3-6,9H2,1-2H3. The SMILES string of the molecule is CCCc1cc(C(=O)N2CCC(C)C2CO)cc(Cl)n1. The van der Waals surface area contributed by atoms with Crippen LogP contribution in [0.3, 0.4) is 0 Å². The first-order valence-electron chi connectivity index (χ1n) is 7.15. The topological polar surface area (TPSA) is 53.4 Å². The lowest BCUT2D eigenvalue weighted by molar-refractivity contribution is 0.0648. The summed E-state index contributed by atoms with van der Waals surface area (Å²) < 4.78 is 0. The van der Waals surface area contributed by atoms with E-state index in [0.29, 0.717) is 23.2 Å². The molecule has 4 nitrogen and oxygen atoms in total. The first-order valence-corrected chi connectivity index (χ1v) is 7.53. The van der Waals surface area contributed by atoms with E-state index in [1.165, 1.54) is 0 Å². The smallest absolute Gasteiger partial charge is 0.254 e. The van der Waals surface area contributed by atoms with E-state index in [2.05, 4.69) is 18.8 Å². The summed E-state index contributed by atoms with van der Waals surface area (Å²) in [7, 11) is 0. The molecule has 0 aliphatic carbocycles. The van der Waals surface area contributed by atoms with Gasteiger partial charge in [0.1, 0.15) is 5.15 Å². The molecule has 2 heterocycles. The minimum Gasteiger partial charge on any atom is -0.394 e. The van der Waals surface area contributed by atoms with Gasteiger partial charge in [0, 0.05) is 17.8 Å². The van der Waals surface area contributed by atoms with Crippen LogP contribution in [0.2, 0.25) is 5.15 Å². The highest BCUT2D eigenvalue weighted by atomic mass is 35.5. The predicted octanol–water partition coefficient (Wildman–Crippen LogP) is 2.53. The first kappa shape index (κ1) is 15.3. The highest BCUT2D eigenvalue weighted by Gasteiger charge is 2.34. The molecule has 0 bridgehead atoms. The van der Waals surface area contributed by atoms with Crippen LogP contribution in [-0.4, -0.2) is 40.1 Å². The minimum atomic E-state index is -0.0935. The summed E-state index contributed by atoms with van der Waals surface area (Å²) >= 11 is 6.00. The molecule has 0 spiro atoms. The van der Waals surface area contributed by atoms with E-state index >= 15 is 0 Å². The van der Waals surface area contributed by atoms with Crippen LogP contribution in [0.25, 0.3) is 0 Å². The third-order valence-corrected chi connectivity index (χ3v) is 4.12. The Bertz CT molecular complexity index is 493. The zero-order valence-corrected chi connectivity index (χ0v) is 12.7. The third-order valence-electron chi connectivity index (χ3n) is 3.93. The van der Waals surface area contributed by atoms with Crippen LogP contribution in [0.4, 0.5) is 0 Å². The molecule has 1 saturated heterocycles. The van der Waals surface area contributed by atoms with Crippen molar-refractivity contribution in [1.29, 1.82) is 0 Å². The molecule has 0 saturated carbocycles. The van der Waals surface area contributed by atoms with Gasteiger partial charge >= 0.3 is 0 Å². The van der Waals surface area contributed by atoms with Crippen molar-refractivity contribution in [2.75, 3.05) is 13.2 Å². The van der Waals surface area contributed by atoms with Gasteiger partial charge in [-0.05, 0) is 30.9 Å². The third kappa shape index (κ3) is 3.13. The zero-order chi connectivity index (χ0) is 14.7. The fourth-order valence-corrected chi connectivity index (χ4v) is 2.99. The van der Waals surface area contributed by atoms with Crippen molar-refractivity contribution in [3.05, 3.63) is 28.5 Å². The summed E-state index contributed by atoms with van der Waals surface area (Å²) in [4.78, 5) is 18.6. The van der Waals surface area contributed by atoms with E-state index in [1.807, 2.05) is 6.07 Å². The van der Waals surface area contributed by atoms with E-state index < -0.39 is 0 Å². The van der Waals surface area contributed by atoms with E-state index in [1.54, 1.807) is 11.0 Å². The number of carbonyl (C=O) groups is 1. The number of carbonyl (C=O) groups excluding carboxylic acids is 1. The van der Waals surface area contributed by atoms with Crippen LogP contribution in [-0.2, 0) is 6.42 Å². The number of pyridine rings is 1. The van der Waals surface area contributed by atoms with Crippen LogP contribution >= 0.6 is 11.6 Å². The fourth-order valence-electron chi connectivity index (χ4n) is 2.76. The van der Waals surface area contributed by atoms with Gasteiger partial charge in [0.2, 0.25) is 0 Å². The number of halogens is 1. The van der Waals surface area contributed by atoms with E-state index in [-0.39, 0.29) is 18.6 Å². The summed E-state index contributed by atoms with van der Waals surface area (Å²) in [6.45, 7) is 4.83. The normalized spacial score (nSPS) is 22.3. The van der Waals surface area contributed by atoms with Gasteiger partial charge in [0.15, 0.2) is 0 Å². The molecule has 2 rings (SSSR count). The van der Waals surface area contributed by atoms with Gasteiger partial charge in [-0.3, -0.25) is 4.79 Å². The number of nitrogens with zero attached hydrogens (tertiary/aromatic N) is 2. The monoisotopic (exact) mass is 296 g/mol. The molecular weight excluding hydrogens is 276 g/mol. The van der Waals surface area contributed by atoms with Crippen LogP contribution < -0.4 is 0 Å². The highest BCUT2D eigenvalue weighted by Crippen LogP contribution is 2.26. The van der Waals surface area contributed by atoms with E-state index in [4.69, 9.17) is 11.6 Å². The van der Waals surface area contributed by atoms with Gasteiger partial charge in [0.25, 0.3) is 5.91 Å². The summed E-state index contributed by atoms with van der Waals surface area (Å²) in [6, 6.07) is 3.33. The molecule has 1 aliphatic rings. The molecule has 1 fully saturated rings. The van der Waals surface area contributed by atoms with Gasteiger partial charge in [0.05, 0.1) is 12.6 Å². The number of amides is 1. The second-order valence-electron chi connectivity index (χ2n) is 5.43. The number of likely N-dealkylation sites (tertiary alicyclic amines) is 1. The van der Waals surface area contributed by atoms with Gasteiger partial charge in [-0.2, -0.15) is 0 Å². The Kier molecular flexibility index (Phi) is 5.00. The minimum absolute atomic E-state index is 0.00748. The van der Waals surface area contributed by atoms with Crippen molar-refractivity contribution in [3.63, 3.8) is 0 Å². The Morgan fingerprint density at radius 2 is 2.30 bits per heavy atom. The molecule has 110 valence electrons. The molecule has 2 atom stereocenters. The van der Waals surface area contributed by atoms with Crippen LogP contribution in [0.5, 0.6) is 0 Å². The van der Waals surface area contributed by atoms with E-state index in [0.717, 1.165) is 25.0 Å². The number of hydrogen-bond donors (Lipinski definition) is 1. The number of aryl methyl sites for hydroxylation is 1.